The van der Waals surface area contributed by atoms with Crippen LogP contribution in [0.4, 0.5) is 0 Å². The lowest BCUT2D eigenvalue weighted by molar-refractivity contribution is 0.0941. The van der Waals surface area contributed by atoms with Gasteiger partial charge < -0.3 is 24.7 Å². The lowest BCUT2D eigenvalue weighted by Gasteiger charge is -2.33. The van der Waals surface area contributed by atoms with Gasteiger partial charge in [-0.05, 0) is 29.8 Å². The molecule has 1 aliphatic heterocycles. The van der Waals surface area contributed by atoms with E-state index >= 15 is 0 Å². The Morgan fingerprint density at radius 2 is 1.78 bits per heavy atom. The highest BCUT2D eigenvalue weighted by Gasteiger charge is 2.27. The number of hydrogen-bond acceptors (Lipinski definition) is 7. The minimum atomic E-state index is -0.447. The van der Waals surface area contributed by atoms with Crippen LogP contribution in [0.1, 0.15) is 5.56 Å². The van der Waals surface area contributed by atoms with Crippen LogP contribution in [-0.2, 0) is 6.61 Å². The van der Waals surface area contributed by atoms with Gasteiger partial charge in [-0.15, -0.1) is 11.6 Å². The highest BCUT2D eigenvalue weighted by molar-refractivity contribution is 6.20. The van der Waals surface area contributed by atoms with Crippen LogP contribution in [0.3, 0.4) is 0 Å². The summed E-state index contributed by atoms with van der Waals surface area (Å²) in [6.45, 7) is 0.984. The van der Waals surface area contributed by atoms with E-state index in [-0.39, 0.29) is 11.7 Å². The fraction of sp³-hybridized carbons (Fsp3) is 0.368. The number of methoxy groups -OCH3 is 2. The number of benzene rings is 2. The van der Waals surface area contributed by atoms with Crippen molar-refractivity contribution in [2.24, 2.45) is 5.73 Å². The van der Waals surface area contributed by atoms with E-state index < -0.39 is 6.23 Å². The molecule has 4 N–H and O–H groups in total. The van der Waals surface area contributed by atoms with Gasteiger partial charge in [-0.2, -0.15) is 0 Å². The Kier molecular flexibility index (Phi) is 6.63. The van der Waals surface area contributed by atoms with Gasteiger partial charge in [0.15, 0.2) is 17.7 Å². The molecule has 3 atom stereocenters. The Morgan fingerprint density at radius 1 is 1.04 bits per heavy atom. The topological polar surface area (TPSA) is 87.0 Å². The second-order valence-electron chi connectivity index (χ2n) is 6.06. The Morgan fingerprint density at radius 3 is 2.48 bits per heavy atom. The zero-order valence-electron chi connectivity index (χ0n) is 15.3. The number of nitrogens with one attached hydrogen (secondary N) is 2. The van der Waals surface area contributed by atoms with Crippen molar-refractivity contribution in [2.45, 2.75) is 24.5 Å². The van der Waals surface area contributed by atoms with Crippen LogP contribution in [0.5, 0.6) is 23.0 Å². The van der Waals surface area contributed by atoms with Crippen LogP contribution < -0.4 is 35.3 Å². The first-order valence-electron chi connectivity index (χ1n) is 8.58. The maximum absolute atomic E-state index is 6.08. The maximum atomic E-state index is 6.08. The van der Waals surface area contributed by atoms with Crippen molar-refractivity contribution in [3.63, 3.8) is 0 Å². The molecule has 2 aromatic carbocycles. The number of hydrogen-bond donors (Lipinski definition) is 3. The Labute approximate surface area is 163 Å². The summed E-state index contributed by atoms with van der Waals surface area (Å²) >= 11 is 6.08. The molecular formula is C19H24ClN3O4. The predicted octanol–water partition coefficient (Wildman–Crippen LogP) is 2.03. The van der Waals surface area contributed by atoms with Crippen molar-refractivity contribution in [1.82, 2.24) is 10.6 Å². The van der Waals surface area contributed by atoms with Crippen LogP contribution in [-0.4, -0.2) is 38.7 Å². The summed E-state index contributed by atoms with van der Waals surface area (Å²) in [5.74, 6) is 2.60. The summed E-state index contributed by atoms with van der Waals surface area (Å²) in [4.78, 5) is 0. The molecular weight excluding hydrogens is 370 g/mol. The third-order valence-electron chi connectivity index (χ3n) is 4.16. The molecule has 1 saturated heterocycles. The fourth-order valence-corrected chi connectivity index (χ4v) is 2.88. The summed E-state index contributed by atoms with van der Waals surface area (Å²) in [7, 11) is 3.22. The SMILES string of the molecule is COc1ccc(COc2ccc(OC3NC(Cl)CNC3N)cc2OC)cc1. The molecule has 1 heterocycles. The molecule has 27 heavy (non-hydrogen) atoms. The van der Waals surface area contributed by atoms with E-state index in [1.165, 1.54) is 0 Å². The smallest absolute Gasteiger partial charge is 0.179 e. The molecule has 3 rings (SSSR count). The number of nitrogens with two attached hydrogens (primary N) is 1. The first-order valence-corrected chi connectivity index (χ1v) is 9.02. The van der Waals surface area contributed by atoms with Crippen LogP contribution in [0.25, 0.3) is 0 Å². The first-order chi connectivity index (χ1) is 13.1. The molecule has 7 nitrogen and oxygen atoms in total. The number of rotatable bonds is 7. The molecule has 0 radical (unpaired) electrons. The van der Waals surface area contributed by atoms with E-state index in [1.54, 1.807) is 32.4 Å². The monoisotopic (exact) mass is 393 g/mol. The number of alkyl halides is 1. The molecule has 1 fully saturated rings. The molecule has 0 amide bonds. The Bertz CT molecular complexity index is 744. The quantitative estimate of drug-likeness (QED) is 0.490. The molecule has 0 spiro atoms. The van der Waals surface area contributed by atoms with Crippen molar-refractivity contribution in [3.05, 3.63) is 48.0 Å². The lowest BCUT2D eigenvalue weighted by atomic mass is 10.2. The van der Waals surface area contributed by atoms with Gasteiger partial charge in [-0.3, -0.25) is 10.6 Å². The summed E-state index contributed by atoms with van der Waals surface area (Å²) in [5, 5.41) is 6.18. The maximum Gasteiger partial charge on any atom is 0.179 e. The zero-order chi connectivity index (χ0) is 19.2. The largest absolute Gasteiger partial charge is 0.497 e. The van der Waals surface area contributed by atoms with E-state index in [0.717, 1.165) is 11.3 Å². The molecule has 8 heteroatoms. The van der Waals surface area contributed by atoms with Crippen LogP contribution in [0.15, 0.2) is 42.5 Å². The van der Waals surface area contributed by atoms with Crippen molar-refractivity contribution in [1.29, 1.82) is 0 Å². The third kappa shape index (κ3) is 5.17. The summed E-state index contributed by atoms with van der Waals surface area (Å²) in [6.07, 6.45) is -0.811. The van der Waals surface area contributed by atoms with Gasteiger partial charge in [0, 0.05) is 12.6 Å². The summed E-state index contributed by atoms with van der Waals surface area (Å²) in [5.41, 5.74) is 6.78. The van der Waals surface area contributed by atoms with Crippen LogP contribution >= 0.6 is 11.6 Å². The van der Waals surface area contributed by atoms with E-state index in [1.807, 2.05) is 24.3 Å². The van der Waals surface area contributed by atoms with Crippen molar-refractivity contribution < 1.29 is 18.9 Å². The average Bonchev–Trinajstić information content (AvgIpc) is 2.70. The summed E-state index contributed by atoms with van der Waals surface area (Å²) in [6, 6.07) is 13.1. The number of piperazine rings is 1. The van der Waals surface area contributed by atoms with Gasteiger partial charge in [0.25, 0.3) is 0 Å². The molecule has 0 aliphatic carbocycles. The minimum Gasteiger partial charge on any atom is -0.497 e. The lowest BCUT2D eigenvalue weighted by Crippen LogP contribution is -2.65. The second-order valence-corrected chi connectivity index (χ2v) is 6.58. The molecule has 1 aliphatic rings. The Balaban J connectivity index is 1.64. The molecule has 146 valence electrons. The molecule has 0 aromatic heterocycles. The predicted molar refractivity (Wildman–Crippen MR) is 103 cm³/mol. The highest BCUT2D eigenvalue weighted by Crippen LogP contribution is 2.32. The fourth-order valence-electron chi connectivity index (χ4n) is 2.66. The highest BCUT2D eigenvalue weighted by atomic mass is 35.5. The van der Waals surface area contributed by atoms with Gasteiger partial charge >= 0.3 is 0 Å². The normalized spacial score (nSPS) is 22.1. The van der Waals surface area contributed by atoms with Gasteiger partial charge in [-0.25, -0.2) is 0 Å². The zero-order valence-corrected chi connectivity index (χ0v) is 16.0. The van der Waals surface area contributed by atoms with Gasteiger partial charge in [0.2, 0.25) is 0 Å². The molecule has 2 aromatic rings. The number of ether oxygens (including phenoxy) is 4. The third-order valence-corrected chi connectivity index (χ3v) is 4.44. The van der Waals surface area contributed by atoms with E-state index in [4.69, 9.17) is 36.3 Å². The summed E-state index contributed by atoms with van der Waals surface area (Å²) < 4.78 is 22.4. The minimum absolute atomic E-state index is 0.246. The van der Waals surface area contributed by atoms with E-state index in [0.29, 0.717) is 30.4 Å². The average molecular weight is 394 g/mol. The number of halogens is 1. The van der Waals surface area contributed by atoms with Crippen LogP contribution in [0.2, 0.25) is 0 Å². The molecule has 0 saturated carbocycles. The standard InChI is InChI=1S/C19H24ClN3O4/c1-24-13-5-3-12(4-6-13)11-26-15-8-7-14(9-16(15)25-2)27-19-18(21)22-10-17(20)23-19/h3-9,17-19,22-23H,10-11,21H2,1-2H3. The van der Waals surface area contributed by atoms with Gasteiger partial charge in [-0.1, -0.05) is 12.1 Å². The van der Waals surface area contributed by atoms with E-state index in [9.17, 15) is 0 Å². The Hall–Kier alpha value is -2.19. The van der Waals surface area contributed by atoms with Crippen molar-refractivity contribution >= 4 is 11.6 Å². The first kappa shape index (κ1) is 19.6. The second kappa shape index (κ2) is 9.14. The van der Waals surface area contributed by atoms with Crippen LogP contribution in [0, 0.1) is 0 Å². The van der Waals surface area contributed by atoms with Gasteiger partial charge in [0.05, 0.1) is 19.7 Å². The van der Waals surface area contributed by atoms with E-state index in [2.05, 4.69) is 10.6 Å². The van der Waals surface area contributed by atoms with Crippen molar-refractivity contribution in [3.8, 4) is 23.0 Å². The molecule has 0 bridgehead atoms. The van der Waals surface area contributed by atoms with Crippen molar-refractivity contribution in [2.75, 3.05) is 20.8 Å². The molecule has 3 unspecified atom stereocenters. The van der Waals surface area contributed by atoms with Gasteiger partial charge in [0.1, 0.15) is 24.3 Å².